The van der Waals surface area contributed by atoms with Crippen LogP contribution in [0.1, 0.15) is 12.8 Å². The predicted octanol–water partition coefficient (Wildman–Crippen LogP) is 1.35. The molecule has 15 heavy (non-hydrogen) atoms. The third kappa shape index (κ3) is 9.09. The van der Waals surface area contributed by atoms with E-state index in [1.54, 1.807) is 0 Å². The van der Waals surface area contributed by atoms with Crippen molar-refractivity contribution < 1.29 is 23.1 Å². The molecule has 0 aliphatic carbocycles. The van der Waals surface area contributed by atoms with Gasteiger partial charge in [-0.3, -0.25) is 9.69 Å². The van der Waals surface area contributed by atoms with E-state index in [4.69, 9.17) is 11.5 Å². The number of carboxylic acids is 1. The summed E-state index contributed by atoms with van der Waals surface area (Å²) in [5.74, 6) is 1.01. The number of hydrogen-bond acceptors (Lipinski definition) is 2. The molecule has 0 bridgehead atoms. The molecule has 0 spiro atoms. The molecule has 0 aromatic rings. The molecular weight excluding hydrogens is 211 g/mol. The number of carboxylic acid groups (broad SMARTS) is 1. The monoisotopic (exact) mass is 223 g/mol. The minimum Gasteiger partial charge on any atom is -0.480 e. The van der Waals surface area contributed by atoms with Gasteiger partial charge in [-0.2, -0.15) is 13.2 Å². The zero-order valence-electron chi connectivity index (χ0n) is 8.05. The molecular formula is C9H12F3NO2. The zero-order chi connectivity index (χ0) is 11.9. The fraction of sp³-hybridized carbons (Fsp3) is 0.667. The van der Waals surface area contributed by atoms with Gasteiger partial charge in [0.2, 0.25) is 0 Å². The van der Waals surface area contributed by atoms with Crippen LogP contribution in [0.3, 0.4) is 0 Å². The Morgan fingerprint density at radius 2 is 2.07 bits per heavy atom. The minimum absolute atomic E-state index is 0.0377. The molecule has 0 radical (unpaired) electrons. The third-order valence-electron chi connectivity index (χ3n) is 1.56. The van der Waals surface area contributed by atoms with Gasteiger partial charge in [-0.1, -0.05) is 0 Å². The summed E-state index contributed by atoms with van der Waals surface area (Å²) in [7, 11) is 0. The average molecular weight is 223 g/mol. The number of aliphatic carboxylic acids is 1. The molecule has 0 saturated carbocycles. The topological polar surface area (TPSA) is 40.5 Å². The highest BCUT2D eigenvalue weighted by molar-refractivity contribution is 5.69. The lowest BCUT2D eigenvalue weighted by Gasteiger charge is -2.21. The van der Waals surface area contributed by atoms with E-state index in [0.29, 0.717) is 12.8 Å². The van der Waals surface area contributed by atoms with Gasteiger partial charge in [-0.15, -0.1) is 12.3 Å². The van der Waals surface area contributed by atoms with Crippen LogP contribution in [-0.2, 0) is 4.79 Å². The van der Waals surface area contributed by atoms with Crippen molar-refractivity contribution in [1.29, 1.82) is 0 Å². The Labute approximate surface area is 85.9 Å². The maximum atomic E-state index is 12.0. The Kier molecular flexibility index (Phi) is 5.79. The lowest BCUT2D eigenvalue weighted by Crippen LogP contribution is -2.38. The van der Waals surface area contributed by atoms with Crippen LogP contribution in [0.2, 0.25) is 0 Å². The largest absolute Gasteiger partial charge is 0.480 e. The van der Waals surface area contributed by atoms with E-state index < -0.39 is 25.2 Å². The number of terminal acetylenes is 1. The fourth-order valence-electron chi connectivity index (χ4n) is 1.06. The maximum absolute atomic E-state index is 12.0. The second kappa shape index (κ2) is 6.30. The van der Waals surface area contributed by atoms with Gasteiger partial charge in [0.15, 0.2) is 0 Å². The van der Waals surface area contributed by atoms with Gasteiger partial charge >= 0.3 is 12.1 Å². The summed E-state index contributed by atoms with van der Waals surface area (Å²) in [6, 6.07) is 0. The molecule has 6 heteroatoms. The Morgan fingerprint density at radius 3 is 2.47 bits per heavy atom. The van der Waals surface area contributed by atoms with Crippen LogP contribution in [0, 0.1) is 12.3 Å². The lowest BCUT2D eigenvalue weighted by molar-refractivity contribution is -0.153. The summed E-state index contributed by atoms with van der Waals surface area (Å²) in [5.41, 5.74) is 0. The van der Waals surface area contributed by atoms with Crippen molar-refractivity contribution in [3.63, 3.8) is 0 Å². The molecule has 0 rings (SSSR count). The first kappa shape index (κ1) is 13.8. The van der Waals surface area contributed by atoms with Crippen LogP contribution in [0.4, 0.5) is 13.2 Å². The van der Waals surface area contributed by atoms with E-state index in [1.165, 1.54) is 0 Å². The van der Waals surface area contributed by atoms with Gasteiger partial charge < -0.3 is 5.11 Å². The average Bonchev–Trinajstić information content (AvgIpc) is 2.00. The van der Waals surface area contributed by atoms with Gasteiger partial charge in [0.25, 0.3) is 0 Å². The highest BCUT2D eigenvalue weighted by atomic mass is 19.4. The summed E-state index contributed by atoms with van der Waals surface area (Å²) in [6.45, 7) is -1.80. The number of nitrogens with zero attached hydrogens (tertiary/aromatic N) is 1. The summed E-state index contributed by atoms with van der Waals surface area (Å²) in [6.07, 6.45) is 1.26. The molecule has 1 N–H and O–H groups in total. The van der Waals surface area contributed by atoms with Crippen molar-refractivity contribution in [1.82, 2.24) is 4.90 Å². The van der Waals surface area contributed by atoms with Crippen LogP contribution in [-0.4, -0.2) is 41.8 Å². The Balaban J connectivity index is 4.07. The molecule has 0 aliphatic rings. The van der Waals surface area contributed by atoms with Gasteiger partial charge in [0, 0.05) is 6.42 Å². The quantitative estimate of drug-likeness (QED) is 0.545. The van der Waals surface area contributed by atoms with E-state index >= 15 is 0 Å². The van der Waals surface area contributed by atoms with Gasteiger partial charge in [0.05, 0.1) is 13.1 Å². The lowest BCUT2D eigenvalue weighted by atomic mass is 10.3. The Hall–Kier alpha value is -1.22. The molecule has 0 atom stereocenters. The van der Waals surface area contributed by atoms with E-state index in [-0.39, 0.29) is 6.54 Å². The Morgan fingerprint density at radius 1 is 1.47 bits per heavy atom. The molecule has 0 amide bonds. The first-order valence-electron chi connectivity index (χ1n) is 4.29. The maximum Gasteiger partial charge on any atom is 0.401 e. The molecule has 0 aromatic carbocycles. The SMILES string of the molecule is C#CCCCN(CC(=O)O)CC(F)(F)F. The molecule has 0 saturated heterocycles. The molecule has 0 unspecified atom stereocenters. The van der Waals surface area contributed by atoms with Crippen molar-refractivity contribution in [3.8, 4) is 12.3 Å². The third-order valence-corrected chi connectivity index (χ3v) is 1.56. The predicted molar refractivity (Wildman–Crippen MR) is 48.2 cm³/mol. The van der Waals surface area contributed by atoms with Crippen LogP contribution < -0.4 is 0 Å². The Bertz CT molecular complexity index is 245. The summed E-state index contributed by atoms with van der Waals surface area (Å²) in [4.78, 5) is 11.1. The van der Waals surface area contributed by atoms with Crippen LogP contribution in [0.25, 0.3) is 0 Å². The van der Waals surface area contributed by atoms with Crippen molar-refractivity contribution >= 4 is 5.97 Å². The molecule has 0 aromatic heterocycles. The number of carbonyl (C=O) groups is 1. The first-order chi connectivity index (χ1) is 6.85. The number of unbranched alkanes of at least 4 members (excludes halogenated alkanes) is 1. The van der Waals surface area contributed by atoms with E-state index in [2.05, 4.69) is 5.92 Å². The summed E-state index contributed by atoms with van der Waals surface area (Å²) in [5, 5.41) is 8.39. The van der Waals surface area contributed by atoms with E-state index in [0.717, 1.165) is 4.90 Å². The summed E-state index contributed by atoms with van der Waals surface area (Å²) >= 11 is 0. The molecule has 0 fully saturated rings. The van der Waals surface area contributed by atoms with Crippen LogP contribution in [0.15, 0.2) is 0 Å². The zero-order valence-corrected chi connectivity index (χ0v) is 8.05. The van der Waals surface area contributed by atoms with Crippen molar-refractivity contribution in [2.45, 2.75) is 19.0 Å². The number of alkyl halides is 3. The minimum atomic E-state index is -4.38. The molecule has 0 heterocycles. The highest BCUT2D eigenvalue weighted by Gasteiger charge is 2.31. The highest BCUT2D eigenvalue weighted by Crippen LogP contribution is 2.16. The number of rotatable bonds is 6. The van der Waals surface area contributed by atoms with Crippen molar-refractivity contribution in [2.75, 3.05) is 19.6 Å². The van der Waals surface area contributed by atoms with Gasteiger partial charge in [-0.25, -0.2) is 0 Å². The second-order valence-corrected chi connectivity index (χ2v) is 3.03. The normalized spacial score (nSPS) is 11.4. The number of hydrogen-bond donors (Lipinski definition) is 1. The van der Waals surface area contributed by atoms with E-state index in [9.17, 15) is 18.0 Å². The van der Waals surface area contributed by atoms with Crippen LogP contribution >= 0.6 is 0 Å². The molecule has 3 nitrogen and oxygen atoms in total. The van der Waals surface area contributed by atoms with Crippen molar-refractivity contribution in [2.24, 2.45) is 0 Å². The molecule has 0 aliphatic heterocycles. The second-order valence-electron chi connectivity index (χ2n) is 3.03. The standard InChI is InChI=1S/C9H12F3NO2/c1-2-3-4-5-13(6-8(14)15)7-9(10,11)12/h1H,3-7H2,(H,14,15). The first-order valence-corrected chi connectivity index (χ1v) is 4.29. The number of halogens is 3. The van der Waals surface area contributed by atoms with Crippen LogP contribution in [0.5, 0.6) is 0 Å². The smallest absolute Gasteiger partial charge is 0.401 e. The molecule has 86 valence electrons. The van der Waals surface area contributed by atoms with Crippen molar-refractivity contribution in [3.05, 3.63) is 0 Å². The van der Waals surface area contributed by atoms with Gasteiger partial charge in [0.1, 0.15) is 0 Å². The fourth-order valence-corrected chi connectivity index (χ4v) is 1.06. The van der Waals surface area contributed by atoms with Gasteiger partial charge in [-0.05, 0) is 13.0 Å². The summed E-state index contributed by atoms with van der Waals surface area (Å²) < 4.78 is 36.0. The van der Waals surface area contributed by atoms with E-state index in [1.807, 2.05) is 0 Å².